The second-order valence-corrected chi connectivity index (χ2v) is 6.21. The van der Waals surface area contributed by atoms with Gasteiger partial charge in [0, 0.05) is 23.8 Å². The Hall–Kier alpha value is -2.08. The fourth-order valence-corrected chi connectivity index (χ4v) is 3.30. The number of carbonyl (C=O) groups excluding carboxylic acids is 1. The highest BCUT2D eigenvalue weighted by Gasteiger charge is 2.27. The predicted octanol–water partition coefficient (Wildman–Crippen LogP) is 2.88. The lowest BCUT2D eigenvalue weighted by molar-refractivity contribution is 0.0513. The summed E-state index contributed by atoms with van der Waals surface area (Å²) in [5, 5.41) is 0. The number of carbonyl (C=O) groups is 1. The SMILES string of the molecule is CSc1ccccc1C(=O)N1CCC[C@@H](Oc2ncccn2)C1. The summed E-state index contributed by atoms with van der Waals surface area (Å²) >= 11 is 1.59. The Balaban J connectivity index is 1.69. The maximum absolute atomic E-state index is 12.8. The van der Waals surface area contributed by atoms with Crippen LogP contribution in [-0.2, 0) is 0 Å². The first-order chi connectivity index (χ1) is 11.3. The molecule has 6 heteroatoms. The van der Waals surface area contributed by atoms with Gasteiger partial charge >= 0.3 is 6.01 Å². The van der Waals surface area contributed by atoms with Gasteiger partial charge in [-0.15, -0.1) is 11.8 Å². The molecule has 120 valence electrons. The lowest BCUT2D eigenvalue weighted by Gasteiger charge is -2.32. The van der Waals surface area contributed by atoms with Crippen molar-refractivity contribution in [3.8, 4) is 6.01 Å². The molecule has 1 aromatic carbocycles. The Bertz CT molecular complexity index is 666. The fourth-order valence-electron chi connectivity index (χ4n) is 2.71. The minimum absolute atomic E-state index is 0.0588. The monoisotopic (exact) mass is 329 g/mol. The van der Waals surface area contributed by atoms with Crippen molar-refractivity contribution in [1.29, 1.82) is 0 Å². The first-order valence-electron chi connectivity index (χ1n) is 7.64. The van der Waals surface area contributed by atoms with Gasteiger partial charge in [-0.1, -0.05) is 12.1 Å². The molecule has 3 rings (SSSR count). The molecule has 1 fully saturated rings. The van der Waals surface area contributed by atoms with Crippen LogP contribution in [0.3, 0.4) is 0 Å². The summed E-state index contributed by atoms with van der Waals surface area (Å²) in [4.78, 5) is 23.9. The van der Waals surface area contributed by atoms with Crippen LogP contribution in [0, 0.1) is 0 Å². The van der Waals surface area contributed by atoms with Crippen LogP contribution in [-0.4, -0.2) is 46.2 Å². The lowest BCUT2D eigenvalue weighted by Crippen LogP contribution is -2.44. The number of aromatic nitrogens is 2. The standard InChI is InChI=1S/C17H19N3O2S/c1-23-15-8-3-2-7-14(15)16(21)20-11-4-6-13(12-20)22-17-18-9-5-10-19-17/h2-3,5,7-10,13H,4,6,11-12H2,1H3/t13-/m1/s1. The molecule has 23 heavy (non-hydrogen) atoms. The van der Waals surface area contributed by atoms with Crippen LogP contribution in [0.5, 0.6) is 6.01 Å². The van der Waals surface area contributed by atoms with Gasteiger partial charge in [-0.3, -0.25) is 4.79 Å². The summed E-state index contributed by atoms with van der Waals surface area (Å²) in [6.07, 6.45) is 7.07. The summed E-state index contributed by atoms with van der Waals surface area (Å²) < 4.78 is 5.81. The van der Waals surface area contributed by atoms with E-state index in [0.717, 1.165) is 29.8 Å². The van der Waals surface area contributed by atoms with Crippen LogP contribution in [0.1, 0.15) is 23.2 Å². The Labute approximate surface area is 140 Å². The maximum atomic E-state index is 12.8. The first-order valence-corrected chi connectivity index (χ1v) is 8.86. The number of piperidine rings is 1. The molecule has 1 aliphatic rings. The van der Waals surface area contributed by atoms with Crippen molar-refractivity contribution in [2.45, 2.75) is 23.8 Å². The molecule has 5 nitrogen and oxygen atoms in total. The van der Waals surface area contributed by atoms with Gasteiger partial charge in [-0.25, -0.2) is 9.97 Å². The highest BCUT2D eigenvalue weighted by atomic mass is 32.2. The Morgan fingerprint density at radius 2 is 2.04 bits per heavy atom. The van der Waals surface area contributed by atoms with E-state index in [2.05, 4.69) is 9.97 Å². The molecule has 0 spiro atoms. The largest absolute Gasteiger partial charge is 0.458 e. The number of hydrogen-bond donors (Lipinski definition) is 0. The average molecular weight is 329 g/mol. The van der Waals surface area contributed by atoms with E-state index >= 15 is 0 Å². The van der Waals surface area contributed by atoms with Crippen LogP contribution >= 0.6 is 11.8 Å². The van der Waals surface area contributed by atoms with E-state index in [1.807, 2.05) is 35.4 Å². The second-order valence-electron chi connectivity index (χ2n) is 5.36. The van der Waals surface area contributed by atoms with Crippen LogP contribution in [0.25, 0.3) is 0 Å². The third-order valence-corrected chi connectivity index (χ3v) is 4.61. The molecule has 1 aliphatic heterocycles. The van der Waals surface area contributed by atoms with Gasteiger partial charge in [0.15, 0.2) is 0 Å². The van der Waals surface area contributed by atoms with E-state index in [1.165, 1.54) is 0 Å². The topological polar surface area (TPSA) is 55.3 Å². The van der Waals surface area contributed by atoms with Gasteiger partial charge in [0.25, 0.3) is 5.91 Å². The summed E-state index contributed by atoms with van der Waals surface area (Å²) in [7, 11) is 0. The molecule has 0 saturated carbocycles. The van der Waals surface area contributed by atoms with Crippen molar-refractivity contribution in [3.05, 3.63) is 48.3 Å². The smallest absolute Gasteiger partial charge is 0.316 e. The summed E-state index contributed by atoms with van der Waals surface area (Å²) in [5.74, 6) is 0.0669. The molecule has 2 heterocycles. The molecule has 0 aliphatic carbocycles. The zero-order chi connectivity index (χ0) is 16.1. The predicted molar refractivity (Wildman–Crippen MR) is 89.8 cm³/mol. The minimum atomic E-state index is -0.0588. The zero-order valence-electron chi connectivity index (χ0n) is 13.0. The normalized spacial score (nSPS) is 17.8. The van der Waals surface area contributed by atoms with Gasteiger partial charge in [-0.05, 0) is 37.3 Å². The molecule has 0 bridgehead atoms. The van der Waals surface area contributed by atoms with E-state index in [9.17, 15) is 4.79 Å². The van der Waals surface area contributed by atoms with Gasteiger partial charge < -0.3 is 9.64 Å². The van der Waals surface area contributed by atoms with E-state index in [4.69, 9.17) is 4.74 Å². The van der Waals surface area contributed by atoms with Gasteiger partial charge in [0.2, 0.25) is 0 Å². The third kappa shape index (κ3) is 3.82. The molecule has 0 radical (unpaired) electrons. The average Bonchev–Trinajstić information content (AvgIpc) is 2.62. The van der Waals surface area contributed by atoms with Crippen molar-refractivity contribution in [2.24, 2.45) is 0 Å². The second kappa shape index (κ2) is 7.46. The molecule has 0 unspecified atom stereocenters. The highest BCUT2D eigenvalue weighted by Crippen LogP contribution is 2.23. The third-order valence-electron chi connectivity index (χ3n) is 3.82. The number of amides is 1. The number of nitrogens with zero attached hydrogens (tertiary/aromatic N) is 3. The van der Waals surface area contributed by atoms with Crippen LogP contribution in [0.4, 0.5) is 0 Å². The number of hydrogen-bond acceptors (Lipinski definition) is 5. The van der Waals surface area contributed by atoms with Crippen LogP contribution in [0.2, 0.25) is 0 Å². The number of ether oxygens (including phenoxy) is 1. The first kappa shape index (κ1) is 15.8. The summed E-state index contributed by atoms with van der Waals surface area (Å²) in [5.41, 5.74) is 0.761. The molecule has 1 amide bonds. The van der Waals surface area contributed by atoms with E-state index in [-0.39, 0.29) is 12.0 Å². The number of benzene rings is 1. The van der Waals surface area contributed by atoms with Gasteiger partial charge in [0.05, 0.1) is 12.1 Å². The van der Waals surface area contributed by atoms with Crippen molar-refractivity contribution in [1.82, 2.24) is 14.9 Å². The quantitative estimate of drug-likeness (QED) is 0.807. The van der Waals surface area contributed by atoms with Crippen LogP contribution in [0.15, 0.2) is 47.6 Å². The molecule has 1 saturated heterocycles. The lowest BCUT2D eigenvalue weighted by atomic mass is 10.1. The van der Waals surface area contributed by atoms with Crippen molar-refractivity contribution in [3.63, 3.8) is 0 Å². The van der Waals surface area contributed by atoms with Crippen molar-refractivity contribution >= 4 is 17.7 Å². The number of rotatable bonds is 4. The maximum Gasteiger partial charge on any atom is 0.316 e. The molecule has 2 aromatic rings. The fraction of sp³-hybridized carbons (Fsp3) is 0.353. The Morgan fingerprint density at radius 3 is 2.83 bits per heavy atom. The van der Waals surface area contributed by atoms with Gasteiger partial charge in [-0.2, -0.15) is 0 Å². The Kier molecular flexibility index (Phi) is 5.12. The van der Waals surface area contributed by atoms with Crippen molar-refractivity contribution < 1.29 is 9.53 Å². The Morgan fingerprint density at radius 1 is 1.26 bits per heavy atom. The summed E-state index contributed by atoms with van der Waals surface area (Å²) in [6.45, 7) is 1.33. The molecule has 0 N–H and O–H groups in total. The molecule has 1 aromatic heterocycles. The molecular weight excluding hydrogens is 310 g/mol. The molecule has 1 atom stereocenters. The van der Waals surface area contributed by atoms with E-state index < -0.39 is 0 Å². The van der Waals surface area contributed by atoms with Crippen LogP contribution < -0.4 is 4.74 Å². The summed E-state index contributed by atoms with van der Waals surface area (Å²) in [6, 6.07) is 9.85. The number of likely N-dealkylation sites (tertiary alicyclic amines) is 1. The number of thioether (sulfide) groups is 1. The highest BCUT2D eigenvalue weighted by molar-refractivity contribution is 7.98. The zero-order valence-corrected chi connectivity index (χ0v) is 13.8. The molecular formula is C17H19N3O2S. The van der Waals surface area contributed by atoms with E-state index in [1.54, 1.807) is 30.2 Å². The minimum Gasteiger partial charge on any atom is -0.458 e. The van der Waals surface area contributed by atoms with Gasteiger partial charge in [0.1, 0.15) is 6.10 Å². The van der Waals surface area contributed by atoms with E-state index in [0.29, 0.717) is 12.6 Å². The van der Waals surface area contributed by atoms with Crippen molar-refractivity contribution in [2.75, 3.05) is 19.3 Å².